The van der Waals surface area contributed by atoms with Gasteiger partial charge in [0, 0.05) is 28.4 Å². The Kier molecular flexibility index (Phi) is 6.26. The molecule has 4 nitrogen and oxygen atoms in total. The first-order chi connectivity index (χ1) is 12.1. The van der Waals surface area contributed by atoms with E-state index in [4.69, 9.17) is 0 Å². The van der Waals surface area contributed by atoms with Crippen LogP contribution in [0.15, 0.2) is 45.6 Å². The van der Waals surface area contributed by atoms with Gasteiger partial charge >= 0.3 is 0 Å². The van der Waals surface area contributed by atoms with E-state index < -0.39 is 0 Å². The molecule has 1 aliphatic carbocycles. The number of hydrogen-bond donors (Lipinski definition) is 2. The fraction of sp³-hybridized carbons (Fsp3) is 0.368. The van der Waals surface area contributed by atoms with Crippen LogP contribution in [0, 0.1) is 5.92 Å². The summed E-state index contributed by atoms with van der Waals surface area (Å²) in [7, 11) is 0. The summed E-state index contributed by atoms with van der Waals surface area (Å²) in [6.45, 7) is 0.345. The first-order valence-electron chi connectivity index (χ1n) is 8.48. The molecule has 0 aliphatic heterocycles. The molecule has 1 fully saturated rings. The van der Waals surface area contributed by atoms with Crippen LogP contribution in [0.25, 0.3) is 0 Å². The number of rotatable bonds is 7. The molecule has 3 rings (SSSR count). The van der Waals surface area contributed by atoms with Crippen molar-refractivity contribution in [3.63, 3.8) is 0 Å². The van der Waals surface area contributed by atoms with Crippen molar-refractivity contribution in [2.45, 2.75) is 31.7 Å². The Morgan fingerprint density at radius 2 is 1.96 bits per heavy atom. The van der Waals surface area contributed by atoms with Crippen molar-refractivity contribution in [3.05, 3.63) is 56.7 Å². The first kappa shape index (κ1) is 18.1. The summed E-state index contributed by atoms with van der Waals surface area (Å²) < 4.78 is 1.03. The molecule has 0 spiro atoms. The van der Waals surface area contributed by atoms with Gasteiger partial charge in [0.05, 0.1) is 6.04 Å². The van der Waals surface area contributed by atoms with Crippen molar-refractivity contribution >= 4 is 39.1 Å². The third kappa shape index (κ3) is 4.92. The molecule has 132 valence electrons. The number of nitrogens with one attached hydrogen (secondary N) is 2. The fourth-order valence-corrected chi connectivity index (χ4v) is 3.85. The van der Waals surface area contributed by atoms with Crippen LogP contribution in [0.1, 0.15) is 47.6 Å². The minimum atomic E-state index is -0.127. The van der Waals surface area contributed by atoms with Gasteiger partial charge in [-0.1, -0.05) is 34.5 Å². The van der Waals surface area contributed by atoms with E-state index in [-0.39, 0.29) is 24.3 Å². The minimum absolute atomic E-state index is 0.0227. The molecule has 1 atom stereocenters. The average Bonchev–Trinajstić information content (AvgIpc) is 3.08. The maximum Gasteiger partial charge on any atom is 0.252 e. The highest BCUT2D eigenvalue weighted by molar-refractivity contribution is 9.10. The van der Waals surface area contributed by atoms with Crippen LogP contribution in [0.3, 0.4) is 0 Å². The van der Waals surface area contributed by atoms with Gasteiger partial charge in [-0.15, -0.1) is 0 Å². The zero-order valence-corrected chi connectivity index (χ0v) is 16.2. The Balaban J connectivity index is 1.52. The molecule has 1 aromatic carbocycles. The lowest BCUT2D eigenvalue weighted by atomic mass is 9.77. The van der Waals surface area contributed by atoms with Crippen molar-refractivity contribution in [1.29, 1.82) is 0 Å². The van der Waals surface area contributed by atoms with Crippen molar-refractivity contribution in [2.24, 2.45) is 5.92 Å². The summed E-state index contributed by atoms with van der Waals surface area (Å²) in [6, 6.07) is 9.97. The Morgan fingerprint density at radius 3 is 2.56 bits per heavy atom. The van der Waals surface area contributed by atoms with E-state index in [1.165, 1.54) is 17.8 Å². The van der Waals surface area contributed by atoms with Gasteiger partial charge in [-0.05, 0) is 47.9 Å². The highest BCUT2D eigenvalue weighted by atomic mass is 79.9. The summed E-state index contributed by atoms with van der Waals surface area (Å²) >= 11 is 4.93. The number of carbonyl (C=O) groups is 2. The predicted octanol–water partition coefficient (Wildman–Crippen LogP) is 4.29. The summed E-state index contributed by atoms with van der Waals surface area (Å²) in [6.07, 6.45) is 3.81. The van der Waals surface area contributed by atoms with Crippen LogP contribution in [0.4, 0.5) is 0 Å². The Bertz CT molecular complexity index is 712. The predicted molar refractivity (Wildman–Crippen MR) is 104 cm³/mol. The quantitative estimate of drug-likeness (QED) is 0.701. The van der Waals surface area contributed by atoms with Crippen LogP contribution >= 0.6 is 27.3 Å². The number of benzene rings is 1. The van der Waals surface area contributed by atoms with E-state index in [0.29, 0.717) is 18.0 Å². The standard InChI is InChI=1S/C19H21BrN2O2S/c20-16-6-4-14(5-7-16)18(13-2-1-3-13)22-17(23)8-10-21-19(24)15-9-11-25-12-15/h4-7,9,11-13,18H,1-3,8,10H2,(H,21,24)(H,22,23). The molecular weight excluding hydrogens is 400 g/mol. The molecule has 0 saturated heterocycles. The molecule has 0 bridgehead atoms. The second kappa shape index (κ2) is 8.63. The Morgan fingerprint density at radius 1 is 1.20 bits per heavy atom. The van der Waals surface area contributed by atoms with E-state index in [1.54, 1.807) is 11.4 Å². The zero-order chi connectivity index (χ0) is 17.6. The summed E-state index contributed by atoms with van der Waals surface area (Å²) in [5.74, 6) is 0.355. The maximum atomic E-state index is 12.3. The maximum absolute atomic E-state index is 12.3. The van der Waals surface area contributed by atoms with E-state index in [1.807, 2.05) is 17.5 Å². The lowest BCUT2D eigenvalue weighted by Crippen LogP contribution is -2.37. The first-order valence-corrected chi connectivity index (χ1v) is 10.2. The van der Waals surface area contributed by atoms with Gasteiger partial charge in [0.15, 0.2) is 0 Å². The normalized spacial score (nSPS) is 15.2. The van der Waals surface area contributed by atoms with Gasteiger partial charge < -0.3 is 10.6 Å². The molecule has 1 aliphatic rings. The minimum Gasteiger partial charge on any atom is -0.351 e. The summed E-state index contributed by atoms with van der Waals surface area (Å²) in [5, 5.41) is 9.62. The molecule has 0 radical (unpaired) electrons. The zero-order valence-electron chi connectivity index (χ0n) is 13.8. The van der Waals surface area contributed by atoms with Gasteiger partial charge in [0.1, 0.15) is 0 Å². The van der Waals surface area contributed by atoms with E-state index in [0.717, 1.165) is 22.9 Å². The molecule has 2 N–H and O–H groups in total. The molecular formula is C19H21BrN2O2S. The third-order valence-corrected chi connectivity index (χ3v) is 5.80. The van der Waals surface area contributed by atoms with Crippen molar-refractivity contribution < 1.29 is 9.59 Å². The highest BCUT2D eigenvalue weighted by Gasteiger charge is 2.29. The topological polar surface area (TPSA) is 58.2 Å². The fourth-order valence-electron chi connectivity index (χ4n) is 2.95. The highest BCUT2D eigenvalue weighted by Crippen LogP contribution is 2.38. The molecule has 2 amide bonds. The molecule has 1 heterocycles. The molecule has 6 heteroatoms. The molecule has 1 saturated carbocycles. The molecule has 1 aromatic heterocycles. The number of hydrogen-bond acceptors (Lipinski definition) is 3. The second-order valence-corrected chi connectivity index (χ2v) is 8.00. The van der Waals surface area contributed by atoms with Crippen molar-refractivity contribution in [3.8, 4) is 0 Å². The van der Waals surface area contributed by atoms with Crippen molar-refractivity contribution in [2.75, 3.05) is 6.54 Å². The molecule has 25 heavy (non-hydrogen) atoms. The summed E-state index contributed by atoms with van der Waals surface area (Å²) in [4.78, 5) is 24.2. The van der Waals surface area contributed by atoms with Crippen molar-refractivity contribution in [1.82, 2.24) is 10.6 Å². The van der Waals surface area contributed by atoms with Crippen LogP contribution in [0.2, 0.25) is 0 Å². The smallest absolute Gasteiger partial charge is 0.252 e. The molecule has 1 unspecified atom stereocenters. The van der Waals surface area contributed by atoms with E-state index >= 15 is 0 Å². The van der Waals surface area contributed by atoms with Crippen LogP contribution in [-0.2, 0) is 4.79 Å². The lowest BCUT2D eigenvalue weighted by Gasteiger charge is -2.34. The second-order valence-electron chi connectivity index (χ2n) is 6.31. The SMILES string of the molecule is O=C(CCNC(=O)c1ccsc1)NC(c1ccc(Br)cc1)C1CCC1. The largest absolute Gasteiger partial charge is 0.351 e. The number of carbonyl (C=O) groups excluding carboxylic acids is 2. The monoisotopic (exact) mass is 420 g/mol. The van der Waals surface area contributed by atoms with E-state index in [2.05, 4.69) is 38.7 Å². The third-order valence-electron chi connectivity index (χ3n) is 4.59. The van der Waals surface area contributed by atoms with Gasteiger partial charge in [0.25, 0.3) is 5.91 Å². The Labute approximate surface area is 160 Å². The molecule has 2 aromatic rings. The van der Waals surface area contributed by atoms with Gasteiger partial charge in [-0.25, -0.2) is 0 Å². The number of halogens is 1. The lowest BCUT2D eigenvalue weighted by molar-refractivity contribution is -0.122. The van der Waals surface area contributed by atoms with E-state index in [9.17, 15) is 9.59 Å². The van der Waals surface area contributed by atoms with Crippen LogP contribution in [0.5, 0.6) is 0 Å². The number of amides is 2. The van der Waals surface area contributed by atoms with Gasteiger partial charge in [-0.2, -0.15) is 11.3 Å². The van der Waals surface area contributed by atoms with Crippen LogP contribution < -0.4 is 10.6 Å². The number of thiophene rings is 1. The summed E-state index contributed by atoms with van der Waals surface area (Å²) in [5.41, 5.74) is 1.79. The van der Waals surface area contributed by atoms with Gasteiger partial charge in [-0.3, -0.25) is 9.59 Å². The Hall–Kier alpha value is -1.66. The van der Waals surface area contributed by atoms with Gasteiger partial charge in [0.2, 0.25) is 5.91 Å². The average molecular weight is 421 g/mol. The van der Waals surface area contributed by atoms with Crippen LogP contribution in [-0.4, -0.2) is 18.4 Å².